The van der Waals surface area contributed by atoms with Gasteiger partial charge in [0.05, 0.1) is 22.8 Å². The van der Waals surface area contributed by atoms with Crippen LogP contribution < -0.4 is 19.1 Å². The van der Waals surface area contributed by atoms with Gasteiger partial charge in [0.15, 0.2) is 5.75 Å². The monoisotopic (exact) mass is 438 g/mol. The van der Waals surface area contributed by atoms with Crippen LogP contribution in [0.3, 0.4) is 0 Å². The Hall–Kier alpha value is -3.52. The molecule has 0 radical (unpaired) electrons. The van der Waals surface area contributed by atoms with Gasteiger partial charge < -0.3 is 14.4 Å². The highest BCUT2D eigenvalue weighted by Crippen LogP contribution is 2.39. The molecular weight excluding hydrogens is 416 g/mol. The lowest BCUT2D eigenvalue weighted by Gasteiger charge is -2.17. The van der Waals surface area contributed by atoms with Gasteiger partial charge >= 0.3 is 0 Å². The fourth-order valence-electron chi connectivity index (χ4n) is 3.33. The topological polar surface area (TPSA) is 84.9 Å². The maximum absolute atomic E-state index is 13.1. The van der Waals surface area contributed by atoms with E-state index in [1.165, 1.54) is 23.1 Å². The van der Waals surface area contributed by atoms with E-state index < -0.39 is 10.0 Å². The summed E-state index contributed by atoms with van der Waals surface area (Å²) in [5.41, 5.74) is 2.18. The van der Waals surface area contributed by atoms with Crippen molar-refractivity contribution in [2.24, 2.45) is 0 Å². The van der Waals surface area contributed by atoms with Gasteiger partial charge in [-0.2, -0.15) is 0 Å². The van der Waals surface area contributed by atoms with E-state index in [1.54, 1.807) is 31.3 Å². The molecule has 0 saturated carbocycles. The van der Waals surface area contributed by atoms with Crippen molar-refractivity contribution in [1.29, 1.82) is 0 Å². The molecule has 0 aliphatic carbocycles. The smallest absolute Gasteiger partial charge is 0.261 e. The SMILES string of the molecule is CCOc1ccc(S(=O)(=O)Nc2ccc3c(c2)C(=O)N(C)c2cc(C)ccc2O3)cc1. The largest absolute Gasteiger partial charge is 0.494 e. The van der Waals surface area contributed by atoms with Gasteiger partial charge in [0.25, 0.3) is 15.9 Å². The molecular formula is C23H22N2O5S. The summed E-state index contributed by atoms with van der Waals surface area (Å²) in [6.07, 6.45) is 0. The van der Waals surface area contributed by atoms with E-state index in [2.05, 4.69) is 4.72 Å². The van der Waals surface area contributed by atoms with Crippen molar-refractivity contribution in [3.63, 3.8) is 0 Å². The zero-order chi connectivity index (χ0) is 22.2. The van der Waals surface area contributed by atoms with Crippen LogP contribution in [-0.4, -0.2) is 28.0 Å². The number of benzene rings is 3. The molecule has 0 aromatic heterocycles. The van der Waals surface area contributed by atoms with E-state index in [-0.39, 0.29) is 22.1 Å². The van der Waals surface area contributed by atoms with E-state index in [4.69, 9.17) is 9.47 Å². The number of fused-ring (bicyclic) bond motifs is 2. The number of amides is 1. The Morgan fingerprint density at radius 2 is 1.71 bits per heavy atom. The average Bonchev–Trinajstić information content (AvgIpc) is 2.84. The summed E-state index contributed by atoms with van der Waals surface area (Å²) in [5.74, 6) is 1.22. The van der Waals surface area contributed by atoms with Crippen LogP contribution in [0.25, 0.3) is 0 Å². The fraction of sp³-hybridized carbons (Fsp3) is 0.174. The highest BCUT2D eigenvalue weighted by Gasteiger charge is 2.26. The highest BCUT2D eigenvalue weighted by molar-refractivity contribution is 7.92. The second-order valence-corrected chi connectivity index (χ2v) is 8.84. The van der Waals surface area contributed by atoms with Gasteiger partial charge in [-0.05, 0) is 74.0 Å². The molecule has 0 fully saturated rings. The normalized spacial score (nSPS) is 13.0. The maximum Gasteiger partial charge on any atom is 0.261 e. The summed E-state index contributed by atoms with van der Waals surface area (Å²) in [7, 11) is -2.18. The van der Waals surface area contributed by atoms with Crippen LogP contribution in [0.1, 0.15) is 22.8 Å². The highest BCUT2D eigenvalue weighted by atomic mass is 32.2. The van der Waals surface area contributed by atoms with Gasteiger partial charge in [0.2, 0.25) is 0 Å². The summed E-state index contributed by atoms with van der Waals surface area (Å²) in [5, 5.41) is 0. The molecule has 3 aromatic carbocycles. The lowest BCUT2D eigenvalue weighted by molar-refractivity contribution is 0.0993. The lowest BCUT2D eigenvalue weighted by atomic mass is 10.1. The second kappa shape index (κ2) is 7.96. The van der Waals surface area contributed by atoms with Crippen molar-refractivity contribution in [1.82, 2.24) is 0 Å². The molecule has 1 aliphatic rings. The number of anilines is 2. The Morgan fingerprint density at radius 3 is 2.42 bits per heavy atom. The molecule has 4 rings (SSSR count). The number of rotatable bonds is 5. The number of hydrogen-bond acceptors (Lipinski definition) is 5. The van der Waals surface area contributed by atoms with Crippen LogP contribution in [0.4, 0.5) is 11.4 Å². The first-order chi connectivity index (χ1) is 14.8. The Morgan fingerprint density at radius 1 is 1.00 bits per heavy atom. The standard InChI is InChI=1S/C23H22N2O5S/c1-4-29-17-7-9-18(10-8-17)31(27,28)24-16-6-12-21-19(14-16)23(26)25(3)20-13-15(2)5-11-22(20)30-21/h5-14,24H,4H2,1-3H3. The zero-order valence-electron chi connectivity index (χ0n) is 17.4. The van der Waals surface area contributed by atoms with Crippen LogP contribution in [0.15, 0.2) is 65.6 Å². The first-order valence-corrected chi connectivity index (χ1v) is 11.2. The number of hydrogen-bond donors (Lipinski definition) is 1. The summed E-state index contributed by atoms with van der Waals surface area (Å²) >= 11 is 0. The Labute approximate surface area is 181 Å². The molecule has 0 spiro atoms. The first-order valence-electron chi connectivity index (χ1n) is 9.75. The molecule has 0 unspecified atom stereocenters. The predicted molar refractivity (Wildman–Crippen MR) is 119 cm³/mol. The molecule has 1 heterocycles. The van der Waals surface area contributed by atoms with Crippen LogP contribution in [0, 0.1) is 6.92 Å². The van der Waals surface area contributed by atoms with Crippen molar-refractivity contribution in [3.05, 3.63) is 71.8 Å². The van der Waals surface area contributed by atoms with E-state index in [0.717, 1.165) is 5.56 Å². The molecule has 1 aliphatic heterocycles. The number of ether oxygens (including phenoxy) is 2. The Kier molecular flexibility index (Phi) is 5.32. The number of nitrogens with one attached hydrogen (secondary N) is 1. The van der Waals surface area contributed by atoms with Gasteiger partial charge in [-0.25, -0.2) is 8.42 Å². The molecule has 31 heavy (non-hydrogen) atoms. The zero-order valence-corrected chi connectivity index (χ0v) is 18.2. The third kappa shape index (κ3) is 4.06. The number of aryl methyl sites for hydroxylation is 1. The number of carbonyl (C=O) groups is 1. The molecule has 3 aromatic rings. The van der Waals surface area contributed by atoms with Crippen LogP contribution in [0.2, 0.25) is 0 Å². The number of sulfonamides is 1. The van der Waals surface area contributed by atoms with Gasteiger partial charge in [0.1, 0.15) is 11.5 Å². The van der Waals surface area contributed by atoms with Crippen LogP contribution >= 0.6 is 0 Å². The molecule has 7 nitrogen and oxygen atoms in total. The van der Waals surface area contributed by atoms with Crippen LogP contribution in [-0.2, 0) is 10.0 Å². The van der Waals surface area contributed by atoms with Crippen molar-refractivity contribution in [3.8, 4) is 17.2 Å². The molecule has 0 atom stereocenters. The van der Waals surface area contributed by atoms with Crippen molar-refractivity contribution < 1.29 is 22.7 Å². The van der Waals surface area contributed by atoms with E-state index in [9.17, 15) is 13.2 Å². The minimum atomic E-state index is -3.84. The Balaban J connectivity index is 1.64. The van der Waals surface area contributed by atoms with Gasteiger partial charge in [-0.1, -0.05) is 6.07 Å². The first kappa shape index (κ1) is 20.7. The van der Waals surface area contributed by atoms with Gasteiger partial charge in [0, 0.05) is 12.7 Å². The molecule has 1 amide bonds. The van der Waals surface area contributed by atoms with Crippen molar-refractivity contribution >= 4 is 27.3 Å². The predicted octanol–water partition coefficient (Wildman–Crippen LogP) is 4.58. The molecule has 0 saturated heterocycles. The summed E-state index contributed by atoms with van der Waals surface area (Å²) in [6, 6.07) is 16.4. The minimum Gasteiger partial charge on any atom is -0.494 e. The third-order valence-electron chi connectivity index (χ3n) is 4.91. The van der Waals surface area contributed by atoms with Crippen LogP contribution in [0.5, 0.6) is 17.2 Å². The second-order valence-electron chi connectivity index (χ2n) is 7.16. The lowest BCUT2D eigenvalue weighted by Crippen LogP contribution is -2.25. The molecule has 0 bridgehead atoms. The summed E-state index contributed by atoms with van der Waals surface area (Å²) in [6.45, 7) is 4.28. The van der Waals surface area contributed by atoms with E-state index >= 15 is 0 Å². The number of carbonyl (C=O) groups excluding carboxylic acids is 1. The van der Waals surface area contributed by atoms with E-state index in [1.807, 2.05) is 32.0 Å². The van der Waals surface area contributed by atoms with Gasteiger partial charge in [-0.15, -0.1) is 0 Å². The van der Waals surface area contributed by atoms with Crippen molar-refractivity contribution in [2.45, 2.75) is 18.7 Å². The minimum absolute atomic E-state index is 0.0912. The fourth-order valence-corrected chi connectivity index (χ4v) is 4.38. The quantitative estimate of drug-likeness (QED) is 0.630. The van der Waals surface area contributed by atoms with E-state index in [0.29, 0.717) is 29.5 Å². The average molecular weight is 439 g/mol. The molecule has 8 heteroatoms. The molecule has 160 valence electrons. The van der Waals surface area contributed by atoms with Gasteiger partial charge in [-0.3, -0.25) is 9.52 Å². The third-order valence-corrected chi connectivity index (χ3v) is 6.30. The number of nitrogens with zero attached hydrogens (tertiary/aromatic N) is 1. The summed E-state index contributed by atoms with van der Waals surface area (Å²) < 4.78 is 39.4. The summed E-state index contributed by atoms with van der Waals surface area (Å²) in [4.78, 5) is 14.6. The van der Waals surface area contributed by atoms with Crippen molar-refractivity contribution in [2.75, 3.05) is 23.3 Å². The maximum atomic E-state index is 13.1. The Bertz CT molecular complexity index is 1250. The molecule has 1 N–H and O–H groups in total.